The summed E-state index contributed by atoms with van der Waals surface area (Å²) in [5.74, 6) is -0.604. The Hall–Kier alpha value is -1.68. The highest BCUT2D eigenvalue weighted by atomic mass is 79.9. The van der Waals surface area contributed by atoms with Crippen LogP contribution in [-0.2, 0) is 0 Å². The highest BCUT2D eigenvalue weighted by Crippen LogP contribution is 2.23. The molecular formula is C16H15BrFNO. The topological polar surface area (TPSA) is 20.3 Å². The van der Waals surface area contributed by atoms with Crippen LogP contribution in [0, 0.1) is 12.7 Å². The summed E-state index contributed by atoms with van der Waals surface area (Å²) in [6.45, 7) is 4.19. The lowest BCUT2D eigenvalue weighted by molar-refractivity contribution is 0.0987. The largest absolute Gasteiger partial charge is 0.306 e. The van der Waals surface area contributed by atoms with Gasteiger partial charge >= 0.3 is 0 Å². The molecule has 0 N–H and O–H groups in total. The molecule has 0 heterocycles. The maximum absolute atomic E-state index is 13.8. The molecule has 0 atom stereocenters. The van der Waals surface area contributed by atoms with Crippen LogP contribution in [-0.4, -0.2) is 12.5 Å². The maximum atomic E-state index is 13.8. The lowest BCUT2D eigenvalue weighted by Gasteiger charge is -2.21. The molecule has 20 heavy (non-hydrogen) atoms. The molecule has 0 saturated carbocycles. The first-order valence-electron chi connectivity index (χ1n) is 6.37. The van der Waals surface area contributed by atoms with Gasteiger partial charge in [0.15, 0.2) is 0 Å². The first-order valence-corrected chi connectivity index (χ1v) is 7.16. The van der Waals surface area contributed by atoms with Crippen molar-refractivity contribution < 1.29 is 9.18 Å². The third-order valence-electron chi connectivity index (χ3n) is 3.12. The van der Waals surface area contributed by atoms with Gasteiger partial charge in [-0.3, -0.25) is 4.79 Å². The van der Waals surface area contributed by atoms with E-state index >= 15 is 0 Å². The average Bonchev–Trinajstić information content (AvgIpc) is 2.44. The third-order valence-corrected chi connectivity index (χ3v) is 3.98. The Labute approximate surface area is 126 Å². The number of nitrogens with zero attached hydrogens (tertiary/aromatic N) is 1. The van der Waals surface area contributed by atoms with Gasteiger partial charge in [0.1, 0.15) is 5.82 Å². The predicted octanol–water partition coefficient (Wildman–Crippen LogP) is 4.56. The van der Waals surface area contributed by atoms with Crippen LogP contribution in [0.3, 0.4) is 0 Å². The lowest BCUT2D eigenvalue weighted by atomic mass is 10.1. The van der Waals surface area contributed by atoms with Gasteiger partial charge in [-0.2, -0.15) is 0 Å². The summed E-state index contributed by atoms with van der Waals surface area (Å²) in [6.07, 6.45) is 0. The molecule has 0 radical (unpaired) electrons. The number of amides is 1. The van der Waals surface area contributed by atoms with E-state index in [1.807, 2.05) is 19.9 Å². The molecule has 104 valence electrons. The molecule has 2 rings (SSSR count). The monoisotopic (exact) mass is 335 g/mol. The molecule has 0 aliphatic heterocycles. The van der Waals surface area contributed by atoms with Crippen LogP contribution >= 0.6 is 15.9 Å². The number of carbonyl (C=O) groups is 1. The second-order valence-electron chi connectivity index (χ2n) is 4.46. The molecule has 0 unspecified atom stereocenters. The molecule has 0 spiro atoms. The summed E-state index contributed by atoms with van der Waals surface area (Å²) in [7, 11) is 0. The van der Waals surface area contributed by atoms with Gasteiger partial charge in [-0.05, 0) is 43.7 Å². The summed E-state index contributed by atoms with van der Waals surface area (Å²) < 4.78 is 14.7. The molecule has 2 aromatic carbocycles. The van der Waals surface area contributed by atoms with E-state index in [2.05, 4.69) is 15.9 Å². The number of carbonyl (C=O) groups excluding carboxylic acids is 1. The van der Waals surface area contributed by atoms with Gasteiger partial charge in [-0.15, -0.1) is 0 Å². The second kappa shape index (κ2) is 6.18. The molecule has 1 amide bonds. The summed E-state index contributed by atoms with van der Waals surface area (Å²) >= 11 is 3.41. The predicted molar refractivity (Wildman–Crippen MR) is 82.6 cm³/mol. The summed E-state index contributed by atoms with van der Waals surface area (Å²) in [6, 6.07) is 11.7. The van der Waals surface area contributed by atoms with Gasteiger partial charge in [0.05, 0.1) is 5.69 Å². The molecule has 2 aromatic rings. The first kappa shape index (κ1) is 14.7. The highest BCUT2D eigenvalue weighted by Gasteiger charge is 2.19. The van der Waals surface area contributed by atoms with Crippen LogP contribution < -0.4 is 4.90 Å². The van der Waals surface area contributed by atoms with Crippen molar-refractivity contribution in [1.82, 2.24) is 0 Å². The number of aryl methyl sites for hydroxylation is 1. The van der Waals surface area contributed by atoms with Crippen molar-refractivity contribution in [2.45, 2.75) is 13.8 Å². The van der Waals surface area contributed by atoms with Crippen LogP contribution in [0.25, 0.3) is 0 Å². The molecule has 0 fully saturated rings. The van der Waals surface area contributed by atoms with Gasteiger partial charge in [-0.25, -0.2) is 4.39 Å². The molecule has 2 nitrogen and oxygen atoms in total. The Morgan fingerprint density at radius 3 is 2.55 bits per heavy atom. The summed E-state index contributed by atoms with van der Waals surface area (Å²) in [4.78, 5) is 14.0. The van der Waals surface area contributed by atoms with Crippen molar-refractivity contribution in [3.8, 4) is 0 Å². The fourth-order valence-electron chi connectivity index (χ4n) is 1.98. The normalized spacial score (nSPS) is 10.4. The van der Waals surface area contributed by atoms with Gasteiger partial charge in [0, 0.05) is 16.6 Å². The Morgan fingerprint density at radius 2 is 1.95 bits per heavy atom. The van der Waals surface area contributed by atoms with Gasteiger partial charge in [0.2, 0.25) is 0 Å². The molecular weight excluding hydrogens is 321 g/mol. The van der Waals surface area contributed by atoms with E-state index in [-0.39, 0.29) is 5.91 Å². The minimum Gasteiger partial charge on any atom is -0.306 e. The van der Waals surface area contributed by atoms with Crippen molar-refractivity contribution in [2.75, 3.05) is 11.4 Å². The standard InChI is InChI=1S/C16H15BrFNO/c1-3-19(15-7-5-4-6-14(15)18)16(20)12-9-8-11(2)13(17)10-12/h4-10H,3H2,1-2H3. The minimum absolute atomic E-state index is 0.210. The van der Waals surface area contributed by atoms with Crippen molar-refractivity contribution in [2.24, 2.45) is 0 Å². The van der Waals surface area contributed by atoms with Crippen molar-refractivity contribution in [3.63, 3.8) is 0 Å². The molecule has 4 heteroatoms. The quantitative estimate of drug-likeness (QED) is 0.804. The lowest BCUT2D eigenvalue weighted by Crippen LogP contribution is -2.31. The fraction of sp³-hybridized carbons (Fsp3) is 0.188. The number of hydrogen-bond acceptors (Lipinski definition) is 1. The van der Waals surface area contributed by atoms with E-state index in [9.17, 15) is 9.18 Å². The first-order chi connectivity index (χ1) is 9.54. The highest BCUT2D eigenvalue weighted by molar-refractivity contribution is 9.10. The van der Waals surface area contributed by atoms with Gasteiger partial charge in [-0.1, -0.05) is 34.1 Å². The Balaban J connectivity index is 2.39. The van der Waals surface area contributed by atoms with Crippen LogP contribution in [0.2, 0.25) is 0 Å². The number of anilines is 1. The average molecular weight is 336 g/mol. The van der Waals surface area contributed by atoms with Crippen LogP contribution in [0.5, 0.6) is 0 Å². The Bertz CT molecular complexity index is 642. The van der Waals surface area contributed by atoms with E-state index in [0.717, 1.165) is 10.0 Å². The number of halogens is 2. The summed E-state index contributed by atoms with van der Waals surface area (Å²) in [5, 5.41) is 0. The Kier molecular flexibility index (Phi) is 4.55. The van der Waals surface area contributed by atoms with E-state index < -0.39 is 5.82 Å². The zero-order valence-corrected chi connectivity index (χ0v) is 12.9. The number of para-hydroxylation sites is 1. The van der Waals surface area contributed by atoms with Gasteiger partial charge < -0.3 is 4.90 Å². The number of benzene rings is 2. The molecule has 0 aliphatic carbocycles. The van der Waals surface area contributed by atoms with Crippen molar-refractivity contribution >= 4 is 27.5 Å². The van der Waals surface area contributed by atoms with E-state index in [4.69, 9.17) is 0 Å². The third kappa shape index (κ3) is 2.90. The molecule has 0 aromatic heterocycles. The second-order valence-corrected chi connectivity index (χ2v) is 5.32. The van der Waals surface area contributed by atoms with Crippen molar-refractivity contribution in [1.29, 1.82) is 0 Å². The van der Waals surface area contributed by atoms with Crippen molar-refractivity contribution in [3.05, 3.63) is 63.9 Å². The number of hydrogen-bond donors (Lipinski definition) is 0. The van der Waals surface area contributed by atoms with E-state index in [0.29, 0.717) is 17.8 Å². The van der Waals surface area contributed by atoms with Crippen LogP contribution in [0.4, 0.5) is 10.1 Å². The van der Waals surface area contributed by atoms with Gasteiger partial charge in [0.25, 0.3) is 5.91 Å². The zero-order valence-electron chi connectivity index (χ0n) is 11.4. The molecule has 0 aliphatic rings. The molecule has 0 bridgehead atoms. The van der Waals surface area contributed by atoms with E-state index in [1.165, 1.54) is 11.0 Å². The van der Waals surface area contributed by atoms with Crippen LogP contribution in [0.1, 0.15) is 22.8 Å². The zero-order chi connectivity index (χ0) is 14.7. The van der Waals surface area contributed by atoms with Crippen LogP contribution in [0.15, 0.2) is 46.9 Å². The maximum Gasteiger partial charge on any atom is 0.258 e. The minimum atomic E-state index is -0.395. The number of rotatable bonds is 3. The Morgan fingerprint density at radius 1 is 1.25 bits per heavy atom. The summed E-state index contributed by atoms with van der Waals surface area (Å²) in [5.41, 5.74) is 1.89. The van der Waals surface area contributed by atoms with E-state index in [1.54, 1.807) is 30.3 Å². The SMILES string of the molecule is CCN(C(=O)c1ccc(C)c(Br)c1)c1ccccc1F. The molecule has 0 saturated heterocycles. The fourth-order valence-corrected chi connectivity index (χ4v) is 2.35. The smallest absolute Gasteiger partial charge is 0.258 e.